The number of aliphatic carboxylic acids is 1. The van der Waals surface area contributed by atoms with Crippen LogP contribution in [0.15, 0.2) is 12.1 Å². The van der Waals surface area contributed by atoms with Gasteiger partial charge in [-0.1, -0.05) is 11.6 Å². The van der Waals surface area contributed by atoms with Crippen LogP contribution >= 0.6 is 11.6 Å². The predicted molar refractivity (Wildman–Crippen MR) is 56.0 cm³/mol. The van der Waals surface area contributed by atoms with Crippen LogP contribution in [0.5, 0.6) is 5.75 Å². The Hall–Kier alpha value is -1.82. The minimum Gasteiger partial charge on any atom is -0.495 e. The van der Waals surface area contributed by atoms with Crippen molar-refractivity contribution in [3.05, 3.63) is 32.8 Å². The van der Waals surface area contributed by atoms with Crippen LogP contribution in [0.4, 0.5) is 5.69 Å². The Morgan fingerprint density at radius 1 is 1.62 bits per heavy atom. The van der Waals surface area contributed by atoms with E-state index in [1.807, 2.05) is 0 Å². The lowest BCUT2D eigenvalue weighted by Gasteiger charge is -2.07. The second-order valence-corrected chi connectivity index (χ2v) is 3.29. The highest BCUT2D eigenvalue weighted by atomic mass is 35.5. The van der Waals surface area contributed by atoms with Gasteiger partial charge in [-0.3, -0.25) is 14.9 Å². The highest BCUT2D eigenvalue weighted by molar-refractivity contribution is 6.33. The van der Waals surface area contributed by atoms with Crippen LogP contribution in [0.1, 0.15) is 5.56 Å². The fourth-order valence-corrected chi connectivity index (χ4v) is 1.54. The van der Waals surface area contributed by atoms with Crippen LogP contribution in [-0.2, 0) is 11.2 Å². The summed E-state index contributed by atoms with van der Waals surface area (Å²) in [7, 11) is 1.34. The Kier molecular flexibility index (Phi) is 3.68. The van der Waals surface area contributed by atoms with Crippen molar-refractivity contribution < 1.29 is 19.6 Å². The summed E-state index contributed by atoms with van der Waals surface area (Å²) >= 11 is 5.81. The van der Waals surface area contributed by atoms with Gasteiger partial charge in [-0.25, -0.2) is 0 Å². The van der Waals surface area contributed by atoms with E-state index in [4.69, 9.17) is 21.4 Å². The number of benzene rings is 1. The number of hydrogen-bond donors (Lipinski definition) is 1. The summed E-state index contributed by atoms with van der Waals surface area (Å²) in [6.07, 6.45) is -0.521. The molecule has 16 heavy (non-hydrogen) atoms. The lowest BCUT2D eigenvalue weighted by atomic mass is 10.1. The Morgan fingerprint density at radius 2 is 2.25 bits per heavy atom. The molecule has 0 aromatic heterocycles. The fraction of sp³-hybridized carbons (Fsp3) is 0.222. The molecule has 0 fully saturated rings. The fourth-order valence-electron chi connectivity index (χ4n) is 1.24. The molecule has 0 atom stereocenters. The molecule has 0 saturated carbocycles. The largest absolute Gasteiger partial charge is 0.495 e. The summed E-state index contributed by atoms with van der Waals surface area (Å²) in [6.45, 7) is 0. The zero-order valence-corrected chi connectivity index (χ0v) is 9.02. The first kappa shape index (κ1) is 12.3. The molecule has 0 radical (unpaired) electrons. The number of carboxylic acid groups (broad SMARTS) is 1. The standard InChI is InChI=1S/C9H8ClNO5/c1-16-7-3-2-6(11(14)15)5(9(7)10)4-8(12)13/h2-3H,4H2,1H3,(H,12,13). The normalized spacial score (nSPS) is 9.88. The molecule has 1 aromatic carbocycles. The Balaban J connectivity index is 3.36. The van der Waals surface area contributed by atoms with Crippen LogP contribution in [0, 0.1) is 10.1 Å². The summed E-state index contributed by atoms with van der Waals surface area (Å²) in [5.41, 5.74) is -0.383. The molecular formula is C9H8ClNO5. The van der Waals surface area contributed by atoms with E-state index in [-0.39, 0.29) is 22.0 Å². The van der Waals surface area contributed by atoms with Gasteiger partial charge in [0.05, 0.1) is 29.0 Å². The lowest BCUT2D eigenvalue weighted by Crippen LogP contribution is -2.05. The minimum absolute atomic E-state index is 0.0425. The number of methoxy groups -OCH3 is 1. The van der Waals surface area contributed by atoms with Crippen LogP contribution in [0.2, 0.25) is 5.02 Å². The molecule has 7 heteroatoms. The van der Waals surface area contributed by atoms with Gasteiger partial charge in [0.15, 0.2) is 0 Å². The number of carbonyl (C=O) groups is 1. The van der Waals surface area contributed by atoms with Crippen molar-refractivity contribution in [2.75, 3.05) is 7.11 Å². The van der Waals surface area contributed by atoms with Crippen LogP contribution in [-0.4, -0.2) is 23.1 Å². The van der Waals surface area contributed by atoms with Gasteiger partial charge in [-0.05, 0) is 6.07 Å². The van der Waals surface area contributed by atoms with Gasteiger partial charge in [-0.2, -0.15) is 0 Å². The number of ether oxygens (including phenoxy) is 1. The molecule has 1 rings (SSSR count). The summed E-state index contributed by atoms with van der Waals surface area (Å²) in [5.74, 6) is -0.984. The van der Waals surface area contributed by atoms with Gasteiger partial charge in [-0.15, -0.1) is 0 Å². The maximum atomic E-state index is 10.7. The molecule has 6 nitrogen and oxygen atoms in total. The van der Waals surface area contributed by atoms with Crippen molar-refractivity contribution in [2.45, 2.75) is 6.42 Å². The van der Waals surface area contributed by atoms with Crippen molar-refractivity contribution in [3.63, 3.8) is 0 Å². The van der Waals surface area contributed by atoms with Crippen molar-refractivity contribution in [1.82, 2.24) is 0 Å². The van der Waals surface area contributed by atoms with Crippen LogP contribution in [0.3, 0.4) is 0 Å². The van der Waals surface area contributed by atoms with Crippen molar-refractivity contribution >= 4 is 23.3 Å². The first-order valence-corrected chi connectivity index (χ1v) is 4.56. The molecular weight excluding hydrogens is 238 g/mol. The van der Waals surface area contributed by atoms with Gasteiger partial charge in [0.2, 0.25) is 0 Å². The van der Waals surface area contributed by atoms with E-state index in [0.29, 0.717) is 0 Å². The molecule has 0 unspecified atom stereocenters. The number of halogens is 1. The van der Waals surface area contributed by atoms with Gasteiger partial charge in [0.25, 0.3) is 5.69 Å². The van der Waals surface area contributed by atoms with E-state index in [1.165, 1.54) is 19.2 Å². The SMILES string of the molecule is COc1ccc([N+](=O)[O-])c(CC(=O)O)c1Cl. The number of nitro groups is 1. The van der Waals surface area contributed by atoms with Gasteiger partial charge >= 0.3 is 5.97 Å². The Bertz CT molecular complexity index is 446. The van der Waals surface area contributed by atoms with E-state index < -0.39 is 17.3 Å². The molecule has 0 saturated heterocycles. The summed E-state index contributed by atoms with van der Waals surface area (Å²) in [5, 5.41) is 19.3. The zero-order chi connectivity index (χ0) is 12.3. The van der Waals surface area contributed by atoms with Crippen molar-refractivity contribution in [2.24, 2.45) is 0 Å². The second-order valence-electron chi connectivity index (χ2n) is 2.91. The molecule has 0 heterocycles. The lowest BCUT2D eigenvalue weighted by molar-refractivity contribution is -0.385. The third-order valence-electron chi connectivity index (χ3n) is 1.93. The smallest absolute Gasteiger partial charge is 0.308 e. The van der Waals surface area contributed by atoms with E-state index >= 15 is 0 Å². The van der Waals surface area contributed by atoms with Crippen LogP contribution in [0.25, 0.3) is 0 Å². The van der Waals surface area contributed by atoms with Crippen LogP contribution < -0.4 is 4.74 Å². The van der Waals surface area contributed by atoms with E-state index in [9.17, 15) is 14.9 Å². The molecule has 0 aliphatic heterocycles. The predicted octanol–water partition coefficient (Wildman–Crippen LogP) is 1.88. The first-order chi connectivity index (χ1) is 7.47. The third-order valence-corrected chi connectivity index (χ3v) is 2.34. The van der Waals surface area contributed by atoms with Crippen molar-refractivity contribution in [3.8, 4) is 5.75 Å². The van der Waals surface area contributed by atoms with Crippen molar-refractivity contribution in [1.29, 1.82) is 0 Å². The summed E-state index contributed by atoms with van der Waals surface area (Å²) in [4.78, 5) is 20.6. The maximum absolute atomic E-state index is 10.7. The number of hydrogen-bond acceptors (Lipinski definition) is 4. The highest BCUT2D eigenvalue weighted by Crippen LogP contribution is 2.34. The van der Waals surface area contributed by atoms with Gasteiger partial charge in [0.1, 0.15) is 5.75 Å². The second kappa shape index (κ2) is 4.80. The molecule has 0 amide bonds. The molecule has 1 N–H and O–H groups in total. The average Bonchev–Trinajstić information content (AvgIpc) is 2.19. The summed E-state index contributed by atoms with van der Waals surface area (Å²) < 4.78 is 4.85. The molecule has 0 aliphatic carbocycles. The van der Waals surface area contributed by atoms with E-state index in [0.717, 1.165) is 0 Å². The minimum atomic E-state index is -1.20. The first-order valence-electron chi connectivity index (χ1n) is 4.19. The Labute approximate surface area is 95.6 Å². The molecule has 0 bridgehead atoms. The third kappa shape index (κ3) is 2.40. The maximum Gasteiger partial charge on any atom is 0.308 e. The molecule has 1 aromatic rings. The van der Waals surface area contributed by atoms with E-state index in [1.54, 1.807) is 0 Å². The topological polar surface area (TPSA) is 89.7 Å². The van der Waals surface area contributed by atoms with Gasteiger partial charge < -0.3 is 9.84 Å². The van der Waals surface area contributed by atoms with Gasteiger partial charge in [0, 0.05) is 6.07 Å². The highest BCUT2D eigenvalue weighted by Gasteiger charge is 2.22. The number of nitro benzene ring substituents is 1. The average molecular weight is 246 g/mol. The monoisotopic (exact) mass is 245 g/mol. The number of nitrogens with zero attached hydrogens (tertiary/aromatic N) is 1. The quantitative estimate of drug-likeness (QED) is 0.646. The Morgan fingerprint density at radius 3 is 2.69 bits per heavy atom. The number of carboxylic acids is 1. The summed E-state index contributed by atoms with van der Waals surface area (Å²) in [6, 6.07) is 2.49. The zero-order valence-electron chi connectivity index (χ0n) is 8.27. The van der Waals surface area contributed by atoms with E-state index in [2.05, 4.69) is 0 Å². The molecule has 86 valence electrons. The number of rotatable bonds is 4. The molecule has 0 aliphatic rings. The molecule has 0 spiro atoms.